The lowest BCUT2D eigenvalue weighted by Gasteiger charge is -2.26. The molecule has 0 aromatic heterocycles. The van der Waals surface area contributed by atoms with Gasteiger partial charge in [0, 0.05) is 22.2 Å². The lowest BCUT2D eigenvalue weighted by Crippen LogP contribution is -2.33. The molecule has 1 atom stereocenters. The van der Waals surface area contributed by atoms with Crippen LogP contribution in [0.5, 0.6) is 5.75 Å². The van der Waals surface area contributed by atoms with E-state index in [0.29, 0.717) is 22.2 Å². The highest BCUT2D eigenvalue weighted by Crippen LogP contribution is 2.42. The summed E-state index contributed by atoms with van der Waals surface area (Å²) < 4.78 is 5.65. The minimum atomic E-state index is -0.415. The number of ether oxygens (including phenoxy) is 1. The first-order valence-corrected chi connectivity index (χ1v) is 9.97. The van der Waals surface area contributed by atoms with Crippen LogP contribution in [0.15, 0.2) is 66.7 Å². The zero-order valence-electron chi connectivity index (χ0n) is 15.5. The summed E-state index contributed by atoms with van der Waals surface area (Å²) in [5, 5.41) is 11.5. The summed E-state index contributed by atoms with van der Waals surface area (Å²) in [6.45, 7) is 0.609. The number of benzene rings is 3. The molecule has 6 heteroatoms. The van der Waals surface area contributed by atoms with Crippen molar-refractivity contribution in [3.05, 3.63) is 99.0 Å². The van der Waals surface area contributed by atoms with Gasteiger partial charge < -0.3 is 14.7 Å². The number of amides is 1. The Labute approximate surface area is 179 Å². The van der Waals surface area contributed by atoms with Crippen molar-refractivity contribution in [1.82, 2.24) is 4.90 Å². The number of rotatable bonds is 5. The van der Waals surface area contributed by atoms with Crippen LogP contribution in [0.2, 0.25) is 10.0 Å². The summed E-state index contributed by atoms with van der Waals surface area (Å²) in [4.78, 5) is 14.7. The maximum absolute atomic E-state index is 13.0. The molecular formula is C23H19Cl2NO3. The van der Waals surface area contributed by atoms with Crippen molar-refractivity contribution < 1.29 is 14.6 Å². The zero-order chi connectivity index (χ0) is 20.4. The molecule has 3 aromatic rings. The summed E-state index contributed by atoms with van der Waals surface area (Å²) in [6.07, 6.45) is 0. The highest BCUT2D eigenvalue weighted by atomic mass is 35.5. The number of carbonyl (C=O) groups excluding carboxylic acids is 1. The molecule has 0 aliphatic carbocycles. The molecule has 0 saturated carbocycles. The predicted molar refractivity (Wildman–Crippen MR) is 113 cm³/mol. The van der Waals surface area contributed by atoms with Gasteiger partial charge in [0.05, 0.1) is 12.6 Å². The number of phenols is 1. The average molecular weight is 428 g/mol. The van der Waals surface area contributed by atoms with Gasteiger partial charge in [-0.1, -0.05) is 65.7 Å². The minimum Gasteiger partial charge on any atom is -0.508 e. The summed E-state index contributed by atoms with van der Waals surface area (Å²) in [6, 6.07) is 19.7. The molecule has 1 aliphatic rings. The Morgan fingerprint density at radius 3 is 2.62 bits per heavy atom. The van der Waals surface area contributed by atoms with Gasteiger partial charge in [0.15, 0.2) is 0 Å². The number of halogens is 2. The van der Waals surface area contributed by atoms with Crippen molar-refractivity contribution in [3.63, 3.8) is 0 Å². The SMILES string of the molecule is O=C(COCc1ccccc1Cl)N1Cc2ccccc2C1c1cc(Cl)ccc1O. The number of fused-ring (bicyclic) bond motifs is 1. The first kappa shape index (κ1) is 19.8. The van der Waals surface area contributed by atoms with Gasteiger partial charge in [0.2, 0.25) is 5.91 Å². The Morgan fingerprint density at radius 1 is 1.03 bits per heavy atom. The van der Waals surface area contributed by atoms with Crippen molar-refractivity contribution in [2.24, 2.45) is 0 Å². The average Bonchev–Trinajstić information content (AvgIpc) is 3.11. The highest BCUT2D eigenvalue weighted by Gasteiger charge is 2.35. The molecule has 1 N–H and O–H groups in total. The molecule has 1 heterocycles. The highest BCUT2D eigenvalue weighted by molar-refractivity contribution is 6.31. The van der Waals surface area contributed by atoms with Gasteiger partial charge in [0.1, 0.15) is 12.4 Å². The minimum absolute atomic E-state index is 0.0863. The molecule has 0 fully saturated rings. The van der Waals surface area contributed by atoms with E-state index >= 15 is 0 Å². The summed E-state index contributed by atoms with van der Waals surface area (Å²) in [5.74, 6) is -0.0662. The van der Waals surface area contributed by atoms with Crippen LogP contribution >= 0.6 is 23.2 Å². The zero-order valence-corrected chi connectivity index (χ0v) is 17.0. The first-order valence-electron chi connectivity index (χ1n) is 9.21. The molecule has 148 valence electrons. The van der Waals surface area contributed by atoms with Crippen LogP contribution in [-0.2, 0) is 22.7 Å². The van der Waals surface area contributed by atoms with Gasteiger partial charge in [-0.3, -0.25) is 4.79 Å². The lowest BCUT2D eigenvalue weighted by molar-refractivity contribution is -0.138. The van der Waals surface area contributed by atoms with E-state index in [1.54, 1.807) is 29.2 Å². The predicted octanol–water partition coefficient (Wildman–Crippen LogP) is 5.35. The van der Waals surface area contributed by atoms with Gasteiger partial charge in [0.25, 0.3) is 0 Å². The Kier molecular flexibility index (Phi) is 5.76. The second-order valence-corrected chi connectivity index (χ2v) is 7.75. The van der Waals surface area contributed by atoms with Crippen molar-refractivity contribution in [2.75, 3.05) is 6.61 Å². The number of hydrogen-bond donors (Lipinski definition) is 1. The third kappa shape index (κ3) is 4.10. The summed E-state index contributed by atoms with van der Waals surface area (Å²) in [7, 11) is 0. The van der Waals surface area contributed by atoms with Crippen LogP contribution in [0, 0.1) is 0 Å². The van der Waals surface area contributed by atoms with E-state index in [9.17, 15) is 9.90 Å². The number of hydrogen-bond acceptors (Lipinski definition) is 3. The van der Waals surface area contributed by atoms with Crippen molar-refractivity contribution >= 4 is 29.1 Å². The first-order chi connectivity index (χ1) is 14.0. The van der Waals surface area contributed by atoms with Crippen molar-refractivity contribution in [2.45, 2.75) is 19.2 Å². The Balaban J connectivity index is 1.56. The van der Waals surface area contributed by atoms with E-state index < -0.39 is 6.04 Å². The second kappa shape index (κ2) is 8.46. The smallest absolute Gasteiger partial charge is 0.249 e. The van der Waals surface area contributed by atoms with E-state index in [2.05, 4.69) is 0 Å². The largest absolute Gasteiger partial charge is 0.508 e. The van der Waals surface area contributed by atoms with E-state index in [4.69, 9.17) is 27.9 Å². The van der Waals surface area contributed by atoms with Crippen LogP contribution < -0.4 is 0 Å². The molecule has 0 bridgehead atoms. The topological polar surface area (TPSA) is 49.8 Å². The molecule has 0 spiro atoms. The van der Waals surface area contributed by atoms with Crippen LogP contribution in [-0.4, -0.2) is 22.5 Å². The van der Waals surface area contributed by atoms with Gasteiger partial charge >= 0.3 is 0 Å². The fourth-order valence-corrected chi connectivity index (χ4v) is 4.02. The molecule has 4 nitrogen and oxygen atoms in total. The molecule has 0 radical (unpaired) electrons. The third-order valence-electron chi connectivity index (χ3n) is 5.05. The Morgan fingerprint density at radius 2 is 1.79 bits per heavy atom. The molecule has 1 aliphatic heterocycles. The number of phenolic OH excluding ortho intramolecular Hbond substituents is 1. The van der Waals surface area contributed by atoms with Crippen molar-refractivity contribution in [1.29, 1.82) is 0 Å². The standard InChI is InChI=1S/C23H19Cl2NO3/c24-17-9-10-21(27)19(11-17)23-18-7-3-1-5-15(18)12-26(23)22(28)14-29-13-16-6-2-4-8-20(16)25/h1-11,23,27H,12-14H2. The Hall–Kier alpha value is -2.53. The van der Waals surface area contributed by atoms with E-state index in [0.717, 1.165) is 16.7 Å². The number of aromatic hydroxyl groups is 1. The van der Waals surface area contributed by atoms with Crippen LogP contribution in [0.1, 0.15) is 28.3 Å². The second-order valence-electron chi connectivity index (χ2n) is 6.91. The Bertz CT molecular complexity index is 1050. The molecule has 4 rings (SSSR count). The fraction of sp³-hybridized carbons (Fsp3) is 0.174. The molecule has 29 heavy (non-hydrogen) atoms. The molecule has 3 aromatic carbocycles. The van der Waals surface area contributed by atoms with Gasteiger partial charge in [-0.15, -0.1) is 0 Å². The fourth-order valence-electron chi connectivity index (χ4n) is 3.65. The summed E-state index contributed by atoms with van der Waals surface area (Å²) >= 11 is 12.3. The van der Waals surface area contributed by atoms with Gasteiger partial charge in [-0.05, 0) is 41.0 Å². The number of nitrogens with zero attached hydrogens (tertiary/aromatic N) is 1. The lowest BCUT2D eigenvalue weighted by atomic mass is 9.97. The van der Waals surface area contributed by atoms with E-state index in [1.807, 2.05) is 42.5 Å². The van der Waals surface area contributed by atoms with Gasteiger partial charge in [-0.2, -0.15) is 0 Å². The molecular weight excluding hydrogens is 409 g/mol. The van der Waals surface area contributed by atoms with Gasteiger partial charge in [-0.25, -0.2) is 0 Å². The van der Waals surface area contributed by atoms with Crippen LogP contribution in [0.3, 0.4) is 0 Å². The molecule has 0 saturated heterocycles. The monoisotopic (exact) mass is 427 g/mol. The van der Waals surface area contributed by atoms with Crippen molar-refractivity contribution in [3.8, 4) is 5.75 Å². The maximum atomic E-state index is 13.0. The van der Waals surface area contributed by atoms with E-state index in [1.165, 1.54) is 0 Å². The van der Waals surface area contributed by atoms with E-state index in [-0.39, 0.29) is 24.9 Å². The van der Waals surface area contributed by atoms with Crippen LogP contribution in [0.4, 0.5) is 0 Å². The molecule has 1 amide bonds. The summed E-state index contributed by atoms with van der Waals surface area (Å²) in [5.41, 5.74) is 3.44. The quantitative estimate of drug-likeness (QED) is 0.596. The normalized spacial score (nSPS) is 15.4. The molecule has 1 unspecified atom stereocenters. The third-order valence-corrected chi connectivity index (χ3v) is 5.65. The maximum Gasteiger partial charge on any atom is 0.249 e. The van der Waals surface area contributed by atoms with Crippen LogP contribution in [0.25, 0.3) is 0 Å². The number of carbonyl (C=O) groups is 1.